The molecule has 0 saturated heterocycles. The Morgan fingerprint density at radius 2 is 2.14 bits per heavy atom. The van der Waals surface area contributed by atoms with Gasteiger partial charge in [-0.1, -0.05) is 12.1 Å². The second kappa shape index (κ2) is 10.8. The SMILES string of the molecule is CCOCCCNC(=NC)NCc1cccc(OC(F)F)c1. The van der Waals surface area contributed by atoms with E-state index in [0.717, 1.165) is 18.5 Å². The Hall–Kier alpha value is -1.89. The third-order valence-electron chi connectivity index (χ3n) is 2.77. The van der Waals surface area contributed by atoms with Crippen LogP contribution in [0.2, 0.25) is 0 Å². The van der Waals surface area contributed by atoms with E-state index < -0.39 is 6.61 Å². The largest absolute Gasteiger partial charge is 0.435 e. The maximum atomic E-state index is 12.2. The van der Waals surface area contributed by atoms with Crippen molar-refractivity contribution in [1.29, 1.82) is 0 Å². The van der Waals surface area contributed by atoms with Crippen molar-refractivity contribution in [3.05, 3.63) is 29.8 Å². The van der Waals surface area contributed by atoms with Crippen LogP contribution in [0.4, 0.5) is 8.78 Å². The van der Waals surface area contributed by atoms with Crippen LogP contribution in [0.25, 0.3) is 0 Å². The van der Waals surface area contributed by atoms with E-state index in [2.05, 4.69) is 20.4 Å². The summed E-state index contributed by atoms with van der Waals surface area (Å²) in [4.78, 5) is 4.09. The van der Waals surface area contributed by atoms with Gasteiger partial charge in [0.2, 0.25) is 0 Å². The van der Waals surface area contributed by atoms with Crippen molar-refractivity contribution in [2.75, 3.05) is 26.8 Å². The van der Waals surface area contributed by atoms with Crippen molar-refractivity contribution in [1.82, 2.24) is 10.6 Å². The number of halogens is 2. The maximum absolute atomic E-state index is 12.2. The van der Waals surface area contributed by atoms with Gasteiger partial charge in [0.1, 0.15) is 5.75 Å². The van der Waals surface area contributed by atoms with E-state index >= 15 is 0 Å². The van der Waals surface area contributed by atoms with Crippen LogP contribution in [0.15, 0.2) is 29.3 Å². The number of alkyl halides is 2. The minimum Gasteiger partial charge on any atom is -0.435 e. The summed E-state index contributed by atoms with van der Waals surface area (Å²) in [5.41, 5.74) is 0.829. The molecule has 0 radical (unpaired) electrons. The number of nitrogens with one attached hydrogen (secondary N) is 2. The number of hydrogen-bond acceptors (Lipinski definition) is 3. The summed E-state index contributed by atoms with van der Waals surface area (Å²) in [5.74, 6) is 0.797. The van der Waals surface area contributed by atoms with Crippen molar-refractivity contribution >= 4 is 5.96 Å². The van der Waals surface area contributed by atoms with Gasteiger partial charge >= 0.3 is 6.61 Å². The Labute approximate surface area is 129 Å². The summed E-state index contributed by atoms with van der Waals surface area (Å²) in [7, 11) is 1.67. The molecule has 7 heteroatoms. The Bertz CT molecular complexity index is 456. The Morgan fingerprint density at radius 1 is 1.32 bits per heavy atom. The van der Waals surface area contributed by atoms with E-state index in [9.17, 15) is 8.78 Å². The second-order valence-electron chi connectivity index (χ2n) is 4.43. The quantitative estimate of drug-likeness (QED) is 0.417. The number of nitrogens with zero attached hydrogens (tertiary/aromatic N) is 1. The van der Waals surface area contributed by atoms with Gasteiger partial charge in [-0.3, -0.25) is 4.99 Å². The van der Waals surface area contributed by atoms with Crippen LogP contribution in [0.5, 0.6) is 5.75 Å². The molecule has 0 aliphatic rings. The first-order valence-electron chi connectivity index (χ1n) is 7.21. The Morgan fingerprint density at radius 3 is 2.82 bits per heavy atom. The zero-order valence-corrected chi connectivity index (χ0v) is 12.9. The summed E-state index contributed by atoms with van der Waals surface area (Å²) in [5, 5.41) is 6.27. The number of ether oxygens (including phenoxy) is 2. The van der Waals surface area contributed by atoms with Gasteiger partial charge in [0.25, 0.3) is 0 Å². The molecular formula is C15H23F2N3O2. The highest BCUT2D eigenvalue weighted by atomic mass is 19.3. The molecule has 0 heterocycles. The molecule has 0 amide bonds. The summed E-state index contributed by atoms with van der Waals surface area (Å²) in [6.45, 7) is 1.76. The molecule has 1 aromatic carbocycles. The lowest BCUT2D eigenvalue weighted by atomic mass is 10.2. The fourth-order valence-electron chi connectivity index (χ4n) is 1.76. The van der Waals surface area contributed by atoms with Crippen LogP contribution >= 0.6 is 0 Å². The molecular weight excluding hydrogens is 292 g/mol. The van der Waals surface area contributed by atoms with Gasteiger partial charge in [-0.25, -0.2) is 0 Å². The molecule has 0 fully saturated rings. The molecule has 0 atom stereocenters. The van der Waals surface area contributed by atoms with Gasteiger partial charge in [0.15, 0.2) is 5.96 Å². The molecule has 1 aromatic rings. The van der Waals surface area contributed by atoms with Gasteiger partial charge in [-0.2, -0.15) is 8.78 Å². The Kier molecular flexibility index (Phi) is 8.90. The van der Waals surface area contributed by atoms with Gasteiger partial charge in [-0.15, -0.1) is 0 Å². The number of guanidine groups is 1. The van der Waals surface area contributed by atoms with Gasteiger partial charge in [-0.05, 0) is 31.0 Å². The standard InChI is InChI=1S/C15H23F2N3O2/c1-3-21-9-5-8-19-15(18-2)20-11-12-6-4-7-13(10-12)22-14(16)17/h4,6-7,10,14H,3,5,8-9,11H2,1-2H3,(H2,18,19,20). The van der Waals surface area contributed by atoms with Crippen LogP contribution < -0.4 is 15.4 Å². The molecule has 0 aliphatic carbocycles. The topological polar surface area (TPSA) is 54.9 Å². The van der Waals surface area contributed by atoms with Crippen LogP contribution in [0.3, 0.4) is 0 Å². The molecule has 0 saturated carbocycles. The van der Waals surface area contributed by atoms with Crippen LogP contribution in [0, 0.1) is 0 Å². The highest BCUT2D eigenvalue weighted by molar-refractivity contribution is 5.79. The van der Waals surface area contributed by atoms with Crippen molar-refractivity contribution in [3.63, 3.8) is 0 Å². The third-order valence-corrected chi connectivity index (χ3v) is 2.77. The molecule has 22 heavy (non-hydrogen) atoms. The van der Waals surface area contributed by atoms with Gasteiger partial charge in [0, 0.05) is 33.4 Å². The molecule has 0 aromatic heterocycles. The van der Waals surface area contributed by atoms with Crippen LogP contribution in [-0.2, 0) is 11.3 Å². The molecule has 124 valence electrons. The van der Waals surface area contributed by atoms with Gasteiger partial charge < -0.3 is 20.1 Å². The van der Waals surface area contributed by atoms with Crippen LogP contribution in [-0.4, -0.2) is 39.4 Å². The van der Waals surface area contributed by atoms with Gasteiger partial charge in [0.05, 0.1) is 0 Å². The number of rotatable bonds is 9. The molecule has 0 spiro atoms. The zero-order valence-electron chi connectivity index (χ0n) is 12.9. The lowest BCUT2D eigenvalue weighted by molar-refractivity contribution is -0.0498. The highest BCUT2D eigenvalue weighted by Gasteiger charge is 2.05. The van der Waals surface area contributed by atoms with E-state index in [1.165, 1.54) is 6.07 Å². The minimum atomic E-state index is -2.82. The van der Waals surface area contributed by atoms with Crippen molar-refractivity contribution in [2.24, 2.45) is 4.99 Å². The Balaban J connectivity index is 2.36. The van der Waals surface area contributed by atoms with Crippen molar-refractivity contribution in [3.8, 4) is 5.75 Å². The molecule has 0 aliphatic heterocycles. The fraction of sp³-hybridized carbons (Fsp3) is 0.533. The fourth-order valence-corrected chi connectivity index (χ4v) is 1.76. The number of hydrogen-bond donors (Lipinski definition) is 2. The lowest BCUT2D eigenvalue weighted by Gasteiger charge is -2.12. The first-order valence-corrected chi connectivity index (χ1v) is 7.21. The summed E-state index contributed by atoms with van der Waals surface area (Å²) >= 11 is 0. The summed E-state index contributed by atoms with van der Waals surface area (Å²) in [6, 6.07) is 6.57. The second-order valence-corrected chi connectivity index (χ2v) is 4.43. The maximum Gasteiger partial charge on any atom is 0.387 e. The normalized spacial score (nSPS) is 11.6. The van der Waals surface area contributed by atoms with Crippen molar-refractivity contribution in [2.45, 2.75) is 26.5 Å². The average Bonchev–Trinajstić information content (AvgIpc) is 2.50. The third kappa shape index (κ3) is 7.78. The predicted molar refractivity (Wildman–Crippen MR) is 82.4 cm³/mol. The lowest BCUT2D eigenvalue weighted by Crippen LogP contribution is -2.37. The first-order chi connectivity index (χ1) is 10.7. The van der Waals surface area contributed by atoms with Crippen LogP contribution in [0.1, 0.15) is 18.9 Å². The summed E-state index contributed by atoms with van der Waals surface area (Å²) in [6.07, 6.45) is 0.881. The van der Waals surface area contributed by atoms with E-state index in [-0.39, 0.29) is 5.75 Å². The molecule has 5 nitrogen and oxygen atoms in total. The van der Waals surface area contributed by atoms with E-state index in [4.69, 9.17) is 4.74 Å². The smallest absolute Gasteiger partial charge is 0.387 e. The number of aliphatic imine (C=N–C) groups is 1. The molecule has 0 bridgehead atoms. The monoisotopic (exact) mass is 315 g/mol. The number of benzene rings is 1. The molecule has 2 N–H and O–H groups in total. The molecule has 0 unspecified atom stereocenters. The van der Waals surface area contributed by atoms with E-state index in [1.54, 1.807) is 19.2 Å². The zero-order chi connectivity index (χ0) is 16.2. The molecule has 1 rings (SSSR count). The average molecular weight is 315 g/mol. The highest BCUT2D eigenvalue weighted by Crippen LogP contribution is 2.15. The van der Waals surface area contributed by atoms with Crippen molar-refractivity contribution < 1.29 is 18.3 Å². The summed E-state index contributed by atoms with van der Waals surface area (Å²) < 4.78 is 34.0. The van der Waals surface area contributed by atoms with E-state index in [0.29, 0.717) is 25.7 Å². The first kappa shape index (κ1) is 18.2. The van der Waals surface area contributed by atoms with E-state index in [1.807, 2.05) is 13.0 Å². The predicted octanol–water partition coefficient (Wildman–Crippen LogP) is 2.38. The minimum absolute atomic E-state index is 0.147.